The Hall–Kier alpha value is -3.85. The Morgan fingerprint density at radius 2 is 1.71 bits per heavy atom. The number of nitrogens with one attached hydrogen (secondary N) is 1. The fraction of sp³-hybridized carbons (Fsp3) is 0.346. The van der Waals surface area contributed by atoms with Gasteiger partial charge in [0.05, 0.1) is 31.1 Å². The van der Waals surface area contributed by atoms with Crippen LogP contribution in [-0.2, 0) is 23.9 Å². The zero-order valence-electron chi connectivity index (χ0n) is 19.4. The lowest BCUT2D eigenvalue weighted by molar-refractivity contribution is -0.154. The number of esters is 1. The van der Waals surface area contributed by atoms with Crippen LogP contribution in [0.5, 0.6) is 0 Å². The Kier molecular flexibility index (Phi) is 5.52. The minimum absolute atomic E-state index is 0.136. The minimum atomic E-state index is -1.56. The quantitative estimate of drug-likeness (QED) is 0.396. The number of carbonyl (C=O) groups is 5. The fourth-order valence-electron chi connectivity index (χ4n) is 5.91. The molecule has 2 aromatic rings. The minimum Gasteiger partial charge on any atom is -0.469 e. The lowest BCUT2D eigenvalue weighted by Gasteiger charge is -2.45. The summed E-state index contributed by atoms with van der Waals surface area (Å²) < 4.78 is 4.92. The standard InChI is InChI=1S/C26H25N3O6/c1-15(30)16-8-10-18(11-9-16)29-23(32)20-21(24(29)33)26(14-19(31)35-2)25(34)27-12-13-28(26)22(20)17-6-4-3-5-7-17/h3-11,20-22H,12-14H2,1-2H3,(H,27,34)/t20-,21+,22+,26-/m0/s1. The highest BCUT2D eigenvalue weighted by Crippen LogP contribution is 2.57. The molecule has 3 aliphatic rings. The molecule has 1 N–H and O–H groups in total. The number of nitrogens with zero attached hydrogens (tertiary/aromatic N) is 2. The van der Waals surface area contributed by atoms with E-state index in [2.05, 4.69) is 5.32 Å². The summed E-state index contributed by atoms with van der Waals surface area (Å²) in [5, 5.41) is 2.81. The number of anilines is 1. The molecule has 0 aromatic heterocycles. The summed E-state index contributed by atoms with van der Waals surface area (Å²) in [7, 11) is 1.23. The van der Waals surface area contributed by atoms with Gasteiger partial charge in [-0.2, -0.15) is 0 Å². The average Bonchev–Trinajstić information content (AvgIpc) is 3.30. The Bertz CT molecular complexity index is 1230. The molecule has 3 saturated heterocycles. The van der Waals surface area contributed by atoms with Crippen molar-refractivity contribution in [3.05, 3.63) is 65.7 Å². The van der Waals surface area contributed by atoms with Crippen LogP contribution in [-0.4, -0.2) is 60.1 Å². The van der Waals surface area contributed by atoms with Gasteiger partial charge in [0.15, 0.2) is 5.78 Å². The van der Waals surface area contributed by atoms with Crippen LogP contribution in [0.15, 0.2) is 54.6 Å². The number of hydrogen-bond donors (Lipinski definition) is 1. The highest BCUT2D eigenvalue weighted by atomic mass is 16.5. The van der Waals surface area contributed by atoms with Gasteiger partial charge in [-0.1, -0.05) is 30.3 Å². The van der Waals surface area contributed by atoms with E-state index in [1.807, 2.05) is 35.2 Å². The van der Waals surface area contributed by atoms with Gasteiger partial charge >= 0.3 is 5.97 Å². The van der Waals surface area contributed by atoms with Gasteiger partial charge < -0.3 is 10.1 Å². The summed E-state index contributed by atoms with van der Waals surface area (Å²) in [4.78, 5) is 68.6. The number of piperazine rings is 1. The van der Waals surface area contributed by atoms with E-state index in [0.717, 1.165) is 10.5 Å². The first-order valence-corrected chi connectivity index (χ1v) is 11.5. The largest absolute Gasteiger partial charge is 0.469 e. The maximum atomic E-state index is 13.9. The molecule has 0 radical (unpaired) electrons. The van der Waals surface area contributed by atoms with Crippen molar-refractivity contribution in [3.8, 4) is 0 Å². The molecule has 0 spiro atoms. The molecule has 3 heterocycles. The Balaban J connectivity index is 1.67. The van der Waals surface area contributed by atoms with E-state index >= 15 is 0 Å². The summed E-state index contributed by atoms with van der Waals surface area (Å²) in [5.41, 5.74) is 0.00779. The average molecular weight is 476 g/mol. The van der Waals surface area contributed by atoms with Crippen LogP contribution in [0.25, 0.3) is 0 Å². The van der Waals surface area contributed by atoms with E-state index in [-0.39, 0.29) is 12.2 Å². The first-order chi connectivity index (χ1) is 16.8. The number of hydrogen-bond acceptors (Lipinski definition) is 7. The van der Waals surface area contributed by atoms with E-state index in [4.69, 9.17) is 4.74 Å². The molecule has 4 atom stereocenters. The predicted octanol–water partition coefficient (Wildman–Crippen LogP) is 1.48. The van der Waals surface area contributed by atoms with E-state index < -0.39 is 47.1 Å². The highest BCUT2D eigenvalue weighted by molar-refractivity contribution is 6.24. The molecule has 0 bridgehead atoms. The molecule has 35 heavy (non-hydrogen) atoms. The summed E-state index contributed by atoms with van der Waals surface area (Å²) >= 11 is 0. The number of fused-ring (bicyclic) bond motifs is 3. The highest BCUT2D eigenvalue weighted by Gasteiger charge is 2.73. The number of rotatable bonds is 5. The SMILES string of the molecule is COC(=O)C[C@]12C(=O)NCCN1[C@H](c1ccccc1)[C@H]1C(=O)N(c3ccc(C(C)=O)cc3)C(=O)[C@@H]12. The maximum Gasteiger partial charge on any atom is 0.307 e. The fourth-order valence-corrected chi connectivity index (χ4v) is 5.91. The van der Waals surface area contributed by atoms with Gasteiger partial charge in [-0.15, -0.1) is 0 Å². The van der Waals surface area contributed by atoms with Crippen molar-refractivity contribution in [2.45, 2.75) is 24.9 Å². The second-order valence-corrected chi connectivity index (χ2v) is 9.10. The first-order valence-electron chi connectivity index (χ1n) is 11.5. The molecule has 180 valence electrons. The smallest absolute Gasteiger partial charge is 0.307 e. The van der Waals surface area contributed by atoms with Gasteiger partial charge in [0.25, 0.3) is 0 Å². The topological polar surface area (TPSA) is 113 Å². The number of benzene rings is 2. The van der Waals surface area contributed by atoms with Crippen LogP contribution >= 0.6 is 0 Å². The van der Waals surface area contributed by atoms with Crippen LogP contribution in [0, 0.1) is 11.8 Å². The van der Waals surface area contributed by atoms with Crippen molar-refractivity contribution < 1.29 is 28.7 Å². The molecular weight excluding hydrogens is 450 g/mol. The number of amides is 3. The van der Waals surface area contributed by atoms with Gasteiger partial charge in [-0.3, -0.25) is 28.9 Å². The van der Waals surface area contributed by atoms with Gasteiger partial charge in [0.2, 0.25) is 17.7 Å². The first kappa shape index (κ1) is 22.9. The van der Waals surface area contributed by atoms with Crippen molar-refractivity contribution in [1.82, 2.24) is 10.2 Å². The van der Waals surface area contributed by atoms with E-state index in [9.17, 15) is 24.0 Å². The second kappa shape index (κ2) is 8.42. The molecule has 3 fully saturated rings. The van der Waals surface area contributed by atoms with Crippen LogP contribution in [0.1, 0.15) is 35.3 Å². The molecule has 0 unspecified atom stereocenters. The molecule has 9 nitrogen and oxygen atoms in total. The summed E-state index contributed by atoms with van der Waals surface area (Å²) in [6.07, 6.45) is -0.351. The molecule has 5 rings (SSSR count). The molecular formula is C26H25N3O6. The zero-order valence-corrected chi connectivity index (χ0v) is 19.4. The lowest BCUT2D eigenvalue weighted by atomic mass is 9.76. The van der Waals surface area contributed by atoms with Gasteiger partial charge in [-0.05, 0) is 36.8 Å². The summed E-state index contributed by atoms with van der Waals surface area (Å²) in [6.45, 7) is 2.15. The van der Waals surface area contributed by atoms with Crippen molar-refractivity contribution in [1.29, 1.82) is 0 Å². The molecule has 2 aromatic carbocycles. The van der Waals surface area contributed by atoms with Crippen LogP contribution in [0.4, 0.5) is 5.69 Å². The Morgan fingerprint density at radius 3 is 2.34 bits per heavy atom. The second-order valence-electron chi connectivity index (χ2n) is 9.10. The molecule has 0 aliphatic carbocycles. The molecule has 3 amide bonds. The number of ketones is 1. The van der Waals surface area contributed by atoms with Crippen LogP contribution < -0.4 is 10.2 Å². The zero-order chi connectivity index (χ0) is 24.9. The predicted molar refractivity (Wildman–Crippen MR) is 124 cm³/mol. The Labute approximate surface area is 202 Å². The summed E-state index contributed by atoms with van der Waals surface area (Å²) in [6, 6.07) is 14.9. The summed E-state index contributed by atoms with van der Waals surface area (Å²) in [5.74, 6) is -4.15. The molecule has 3 aliphatic heterocycles. The third-order valence-electron chi connectivity index (χ3n) is 7.40. The van der Waals surface area contributed by atoms with Crippen molar-refractivity contribution in [2.24, 2.45) is 11.8 Å². The number of carbonyl (C=O) groups excluding carboxylic acids is 5. The monoisotopic (exact) mass is 475 g/mol. The third-order valence-corrected chi connectivity index (χ3v) is 7.40. The van der Waals surface area contributed by atoms with E-state index in [1.165, 1.54) is 14.0 Å². The van der Waals surface area contributed by atoms with Gasteiger partial charge in [0, 0.05) is 24.7 Å². The maximum absolute atomic E-state index is 13.9. The van der Waals surface area contributed by atoms with E-state index in [0.29, 0.717) is 24.3 Å². The lowest BCUT2D eigenvalue weighted by Crippen LogP contribution is -2.67. The third kappa shape index (κ3) is 3.30. The van der Waals surface area contributed by atoms with Crippen molar-refractivity contribution in [2.75, 3.05) is 25.1 Å². The normalized spacial score (nSPS) is 27.9. The number of Topliss-reactive ketones (excluding diaryl/α,β-unsaturated/α-hetero) is 1. The van der Waals surface area contributed by atoms with Gasteiger partial charge in [0.1, 0.15) is 5.54 Å². The van der Waals surface area contributed by atoms with Crippen molar-refractivity contribution in [3.63, 3.8) is 0 Å². The number of methoxy groups -OCH3 is 1. The van der Waals surface area contributed by atoms with E-state index in [1.54, 1.807) is 24.3 Å². The number of imide groups is 1. The Morgan fingerprint density at radius 1 is 1.03 bits per heavy atom. The number of ether oxygens (including phenoxy) is 1. The molecule has 0 saturated carbocycles. The van der Waals surface area contributed by atoms with Crippen LogP contribution in [0.3, 0.4) is 0 Å². The van der Waals surface area contributed by atoms with Crippen LogP contribution in [0.2, 0.25) is 0 Å². The van der Waals surface area contributed by atoms with Gasteiger partial charge in [-0.25, -0.2) is 4.90 Å². The van der Waals surface area contributed by atoms with Crippen molar-refractivity contribution >= 4 is 35.2 Å². The molecule has 9 heteroatoms.